The predicted octanol–water partition coefficient (Wildman–Crippen LogP) is 7.22. The van der Waals surface area contributed by atoms with Crippen molar-refractivity contribution in [3.05, 3.63) is 76.3 Å². The van der Waals surface area contributed by atoms with Crippen molar-refractivity contribution in [2.75, 3.05) is 4.72 Å². The highest BCUT2D eigenvalue weighted by atomic mass is 35.5. The first kappa shape index (κ1) is 22.7. The molecular formula is C20H11Cl2F3N2O3S2. The predicted molar refractivity (Wildman–Crippen MR) is 118 cm³/mol. The van der Waals surface area contributed by atoms with Crippen molar-refractivity contribution < 1.29 is 26.3 Å². The van der Waals surface area contributed by atoms with Gasteiger partial charge in [0.2, 0.25) is 0 Å². The van der Waals surface area contributed by atoms with Crippen LogP contribution in [0, 0.1) is 0 Å². The molecule has 0 unspecified atom stereocenters. The van der Waals surface area contributed by atoms with E-state index in [9.17, 15) is 21.6 Å². The normalized spacial score (nSPS) is 12.2. The lowest BCUT2D eigenvalue weighted by molar-refractivity contribution is -0.137. The Morgan fingerprint density at radius 2 is 1.69 bits per heavy atom. The SMILES string of the molecule is O=S(=O)(Nc1ccc(Oc2nc3ccc(Cl)cc3s2)cc1)c1ccc(C(F)(F)F)cc1Cl. The minimum Gasteiger partial charge on any atom is -0.431 e. The van der Waals surface area contributed by atoms with Crippen LogP contribution in [0.4, 0.5) is 18.9 Å². The van der Waals surface area contributed by atoms with Crippen molar-refractivity contribution in [1.29, 1.82) is 0 Å². The van der Waals surface area contributed by atoms with Gasteiger partial charge in [-0.3, -0.25) is 4.72 Å². The van der Waals surface area contributed by atoms with E-state index in [-0.39, 0.29) is 5.69 Å². The summed E-state index contributed by atoms with van der Waals surface area (Å²) in [5, 5.41) is 0.424. The third kappa shape index (κ3) is 4.93. The summed E-state index contributed by atoms with van der Waals surface area (Å²) in [6, 6.07) is 13.2. The number of aromatic nitrogens is 1. The van der Waals surface area contributed by atoms with Crippen molar-refractivity contribution in [2.24, 2.45) is 0 Å². The molecule has 0 radical (unpaired) electrons. The van der Waals surface area contributed by atoms with Gasteiger partial charge < -0.3 is 4.74 Å². The zero-order valence-corrected chi connectivity index (χ0v) is 18.8. The number of sulfonamides is 1. The molecule has 0 spiro atoms. The van der Waals surface area contributed by atoms with Gasteiger partial charge in [0.15, 0.2) is 0 Å². The molecule has 0 atom stereocenters. The number of alkyl halides is 3. The van der Waals surface area contributed by atoms with E-state index in [0.29, 0.717) is 28.1 Å². The first-order valence-corrected chi connectivity index (χ1v) is 11.8. The molecule has 166 valence electrons. The number of rotatable bonds is 5. The fourth-order valence-electron chi connectivity index (χ4n) is 2.72. The second-order valence-corrected chi connectivity index (χ2v) is 9.95. The molecule has 3 aromatic carbocycles. The van der Waals surface area contributed by atoms with Crippen molar-refractivity contribution in [3.8, 4) is 10.9 Å². The molecule has 1 aromatic heterocycles. The highest BCUT2D eigenvalue weighted by Crippen LogP contribution is 2.35. The van der Waals surface area contributed by atoms with Gasteiger partial charge in [-0.2, -0.15) is 13.2 Å². The summed E-state index contributed by atoms with van der Waals surface area (Å²) in [6.07, 6.45) is -4.63. The molecule has 5 nitrogen and oxygen atoms in total. The molecule has 0 bridgehead atoms. The molecule has 1 heterocycles. The van der Waals surface area contributed by atoms with E-state index in [1.54, 1.807) is 18.2 Å². The minimum atomic E-state index is -4.63. The quantitative estimate of drug-likeness (QED) is 0.303. The highest BCUT2D eigenvalue weighted by molar-refractivity contribution is 7.92. The van der Waals surface area contributed by atoms with Crippen LogP contribution in [0.25, 0.3) is 10.2 Å². The van der Waals surface area contributed by atoms with Crippen LogP contribution in [-0.2, 0) is 16.2 Å². The zero-order chi connectivity index (χ0) is 23.1. The summed E-state index contributed by atoms with van der Waals surface area (Å²) in [6.45, 7) is 0. The third-order valence-electron chi connectivity index (χ3n) is 4.19. The zero-order valence-electron chi connectivity index (χ0n) is 15.7. The Bertz CT molecular complexity index is 1410. The number of benzene rings is 3. The van der Waals surface area contributed by atoms with Crippen molar-refractivity contribution >= 4 is 60.5 Å². The van der Waals surface area contributed by atoms with Crippen LogP contribution < -0.4 is 9.46 Å². The summed E-state index contributed by atoms with van der Waals surface area (Å²) in [4.78, 5) is 3.86. The van der Waals surface area contributed by atoms with Gasteiger partial charge in [-0.1, -0.05) is 34.5 Å². The molecule has 1 N–H and O–H groups in total. The summed E-state index contributed by atoms with van der Waals surface area (Å²) in [5.41, 5.74) is -0.142. The Balaban J connectivity index is 1.50. The molecule has 4 aromatic rings. The van der Waals surface area contributed by atoms with Crippen molar-refractivity contribution in [3.63, 3.8) is 0 Å². The number of halogens is 5. The minimum absolute atomic E-state index is 0.171. The molecule has 0 amide bonds. The summed E-state index contributed by atoms with van der Waals surface area (Å²) in [5.74, 6) is 0.408. The van der Waals surface area contributed by atoms with Gasteiger partial charge in [0.25, 0.3) is 15.2 Å². The second-order valence-electron chi connectivity index (χ2n) is 6.47. The van der Waals surface area contributed by atoms with Gasteiger partial charge >= 0.3 is 6.18 Å². The standard InChI is InChI=1S/C20H11Cl2F3N2O3S2/c21-12-2-7-16-17(10-12)31-19(26-16)30-14-5-3-13(4-6-14)27-32(28,29)18-8-1-11(9-15(18)22)20(23,24)25/h1-10,27H. The van der Waals surface area contributed by atoms with Crippen LogP contribution in [0.3, 0.4) is 0 Å². The average Bonchev–Trinajstić information content (AvgIpc) is 3.09. The molecule has 32 heavy (non-hydrogen) atoms. The molecular weight excluding hydrogens is 508 g/mol. The first-order chi connectivity index (χ1) is 15.0. The summed E-state index contributed by atoms with van der Waals surface area (Å²) >= 11 is 13.1. The number of nitrogens with zero attached hydrogens (tertiary/aromatic N) is 1. The van der Waals surface area contributed by atoms with E-state index in [0.717, 1.165) is 16.3 Å². The van der Waals surface area contributed by atoms with Gasteiger partial charge in [-0.25, -0.2) is 13.4 Å². The number of nitrogens with one attached hydrogen (secondary N) is 1. The maximum atomic E-state index is 12.8. The number of fused-ring (bicyclic) bond motifs is 1. The van der Waals surface area contributed by atoms with E-state index in [1.165, 1.54) is 35.6 Å². The van der Waals surface area contributed by atoms with Crippen molar-refractivity contribution in [1.82, 2.24) is 4.98 Å². The third-order valence-corrected chi connectivity index (χ3v) is 7.19. The molecule has 0 fully saturated rings. The number of hydrogen-bond acceptors (Lipinski definition) is 5. The van der Waals surface area contributed by atoms with E-state index in [2.05, 4.69) is 9.71 Å². The maximum absolute atomic E-state index is 12.8. The van der Waals surface area contributed by atoms with Crippen LogP contribution in [0.5, 0.6) is 10.9 Å². The van der Waals surface area contributed by atoms with Crippen LogP contribution >= 0.6 is 34.5 Å². The van der Waals surface area contributed by atoms with Crippen molar-refractivity contribution in [2.45, 2.75) is 11.1 Å². The Morgan fingerprint density at radius 1 is 0.969 bits per heavy atom. The number of anilines is 1. The lowest BCUT2D eigenvalue weighted by Gasteiger charge is -2.12. The summed E-state index contributed by atoms with van der Waals surface area (Å²) in [7, 11) is -4.21. The van der Waals surface area contributed by atoms with Gasteiger partial charge in [-0.05, 0) is 60.7 Å². The lowest BCUT2D eigenvalue weighted by atomic mass is 10.2. The van der Waals surface area contributed by atoms with Gasteiger partial charge in [0.05, 0.1) is 20.8 Å². The molecule has 0 aliphatic heterocycles. The van der Waals surface area contributed by atoms with Crippen LogP contribution in [0.2, 0.25) is 10.0 Å². The second kappa shape index (κ2) is 8.43. The van der Waals surface area contributed by atoms with E-state index in [1.807, 2.05) is 0 Å². The van der Waals surface area contributed by atoms with Crippen LogP contribution in [-0.4, -0.2) is 13.4 Å². The fraction of sp³-hybridized carbons (Fsp3) is 0.0500. The largest absolute Gasteiger partial charge is 0.431 e. The number of thiazole rings is 1. The Morgan fingerprint density at radius 3 is 2.34 bits per heavy atom. The Hall–Kier alpha value is -2.53. The monoisotopic (exact) mass is 518 g/mol. The van der Waals surface area contributed by atoms with Crippen LogP contribution in [0.15, 0.2) is 65.6 Å². The summed E-state index contributed by atoms with van der Waals surface area (Å²) < 4.78 is 72.3. The van der Waals surface area contributed by atoms with Gasteiger partial charge in [0.1, 0.15) is 10.6 Å². The fourth-order valence-corrected chi connectivity index (χ4v) is 5.43. The Labute approximate surface area is 194 Å². The molecule has 0 aliphatic carbocycles. The van der Waals surface area contributed by atoms with E-state index in [4.69, 9.17) is 27.9 Å². The van der Waals surface area contributed by atoms with Gasteiger partial charge in [-0.15, -0.1) is 0 Å². The molecule has 12 heteroatoms. The van der Waals surface area contributed by atoms with E-state index < -0.39 is 31.7 Å². The number of hydrogen-bond donors (Lipinski definition) is 1. The molecule has 0 aliphatic rings. The molecule has 0 saturated carbocycles. The van der Waals surface area contributed by atoms with E-state index >= 15 is 0 Å². The Kier molecular flexibility index (Phi) is 5.97. The maximum Gasteiger partial charge on any atom is 0.416 e. The first-order valence-electron chi connectivity index (χ1n) is 8.75. The number of ether oxygens (including phenoxy) is 1. The molecule has 4 rings (SSSR count). The smallest absolute Gasteiger partial charge is 0.416 e. The average molecular weight is 519 g/mol. The van der Waals surface area contributed by atoms with Gasteiger partial charge in [0, 0.05) is 10.7 Å². The lowest BCUT2D eigenvalue weighted by Crippen LogP contribution is -2.14. The highest BCUT2D eigenvalue weighted by Gasteiger charge is 2.32. The topological polar surface area (TPSA) is 68.3 Å². The molecule has 0 saturated heterocycles. The van der Waals surface area contributed by atoms with Crippen LogP contribution in [0.1, 0.15) is 5.56 Å².